The van der Waals surface area contributed by atoms with Crippen LogP contribution in [0.5, 0.6) is 0 Å². The summed E-state index contributed by atoms with van der Waals surface area (Å²) in [6, 6.07) is 10.1. The summed E-state index contributed by atoms with van der Waals surface area (Å²) in [6.07, 6.45) is 0. The molecular formula is C14H15FN2O3S. The molecule has 2 aromatic carbocycles. The summed E-state index contributed by atoms with van der Waals surface area (Å²) in [6.45, 7) is 0.234. The second-order valence-corrected chi connectivity index (χ2v) is 6.04. The first-order valence-corrected chi connectivity index (χ1v) is 7.57. The number of rotatable bonds is 5. The first kappa shape index (κ1) is 15.3. The number of methoxy groups -OCH3 is 1. The van der Waals surface area contributed by atoms with Crippen LogP contribution in [-0.4, -0.2) is 15.5 Å². The van der Waals surface area contributed by atoms with E-state index in [9.17, 15) is 12.8 Å². The molecule has 0 unspecified atom stereocenters. The van der Waals surface area contributed by atoms with Gasteiger partial charge in [0.15, 0.2) is 0 Å². The predicted octanol–water partition coefficient (Wildman–Crippen LogP) is 2.36. The molecule has 7 heteroatoms. The van der Waals surface area contributed by atoms with Crippen molar-refractivity contribution < 1.29 is 17.5 Å². The summed E-state index contributed by atoms with van der Waals surface area (Å²) in [5.41, 5.74) is 6.67. The Labute approximate surface area is 122 Å². The van der Waals surface area contributed by atoms with Crippen molar-refractivity contribution in [1.82, 2.24) is 0 Å². The maximum atomic E-state index is 13.7. The van der Waals surface area contributed by atoms with E-state index in [-0.39, 0.29) is 12.3 Å². The fraction of sp³-hybridized carbons (Fsp3) is 0.143. The first-order chi connectivity index (χ1) is 9.94. The molecule has 0 aliphatic rings. The zero-order valence-electron chi connectivity index (χ0n) is 11.3. The predicted molar refractivity (Wildman–Crippen MR) is 78.8 cm³/mol. The van der Waals surface area contributed by atoms with Crippen molar-refractivity contribution in [2.24, 2.45) is 0 Å². The van der Waals surface area contributed by atoms with Crippen molar-refractivity contribution in [3.8, 4) is 0 Å². The highest BCUT2D eigenvalue weighted by Gasteiger charge is 2.20. The second kappa shape index (κ2) is 6.11. The number of nitrogen functional groups attached to an aromatic ring is 1. The van der Waals surface area contributed by atoms with Crippen LogP contribution in [-0.2, 0) is 21.4 Å². The minimum atomic E-state index is -4.07. The Morgan fingerprint density at radius 1 is 1.24 bits per heavy atom. The van der Waals surface area contributed by atoms with E-state index in [2.05, 4.69) is 4.72 Å². The van der Waals surface area contributed by atoms with Crippen molar-refractivity contribution >= 4 is 21.4 Å². The molecule has 0 fully saturated rings. The molecule has 2 rings (SSSR count). The van der Waals surface area contributed by atoms with E-state index in [0.717, 1.165) is 12.1 Å². The summed E-state index contributed by atoms with van der Waals surface area (Å²) in [4.78, 5) is -0.491. The number of hydrogen-bond donors (Lipinski definition) is 2. The van der Waals surface area contributed by atoms with Crippen molar-refractivity contribution in [3.63, 3.8) is 0 Å². The molecule has 0 heterocycles. The van der Waals surface area contributed by atoms with Crippen LogP contribution in [0.1, 0.15) is 5.56 Å². The van der Waals surface area contributed by atoms with Gasteiger partial charge in [0.2, 0.25) is 0 Å². The van der Waals surface area contributed by atoms with Crippen molar-refractivity contribution in [2.45, 2.75) is 11.5 Å². The van der Waals surface area contributed by atoms with Gasteiger partial charge in [-0.25, -0.2) is 12.8 Å². The summed E-state index contributed by atoms with van der Waals surface area (Å²) in [7, 11) is -2.57. The number of ether oxygens (including phenoxy) is 1. The third kappa shape index (κ3) is 3.50. The van der Waals surface area contributed by atoms with Crippen LogP contribution in [0, 0.1) is 5.82 Å². The van der Waals surface area contributed by atoms with Crippen LogP contribution < -0.4 is 10.5 Å². The molecular weight excluding hydrogens is 295 g/mol. The van der Waals surface area contributed by atoms with E-state index in [1.165, 1.54) is 13.2 Å². The molecule has 2 aromatic rings. The molecule has 0 saturated heterocycles. The van der Waals surface area contributed by atoms with Crippen LogP contribution in [0.3, 0.4) is 0 Å². The summed E-state index contributed by atoms with van der Waals surface area (Å²) in [5.74, 6) is -0.860. The van der Waals surface area contributed by atoms with E-state index >= 15 is 0 Å². The summed E-state index contributed by atoms with van der Waals surface area (Å²) in [5, 5.41) is 0. The quantitative estimate of drug-likeness (QED) is 0.831. The molecule has 0 aliphatic carbocycles. The average molecular weight is 310 g/mol. The third-order valence-corrected chi connectivity index (χ3v) is 4.19. The minimum absolute atomic E-state index is 0.168. The van der Waals surface area contributed by atoms with Gasteiger partial charge in [-0.15, -0.1) is 0 Å². The molecule has 0 bridgehead atoms. The van der Waals surface area contributed by atoms with Crippen LogP contribution >= 0.6 is 0 Å². The molecule has 0 amide bonds. The average Bonchev–Trinajstić information content (AvgIpc) is 2.43. The Hall–Kier alpha value is -2.12. The molecule has 112 valence electrons. The standard InChI is InChI=1S/C14H15FN2O3S/c1-20-9-10-4-2-3-5-13(10)17-21(18,19)14-8-11(16)6-7-12(14)15/h2-8,17H,9,16H2,1H3. The second-order valence-electron chi connectivity index (χ2n) is 4.39. The lowest BCUT2D eigenvalue weighted by Crippen LogP contribution is -2.16. The number of nitrogens with one attached hydrogen (secondary N) is 1. The van der Waals surface area contributed by atoms with E-state index < -0.39 is 20.7 Å². The Kier molecular flexibility index (Phi) is 4.44. The van der Waals surface area contributed by atoms with Gasteiger partial charge in [0, 0.05) is 18.4 Å². The highest BCUT2D eigenvalue weighted by atomic mass is 32.2. The first-order valence-electron chi connectivity index (χ1n) is 6.09. The number of para-hydroxylation sites is 1. The van der Waals surface area contributed by atoms with Crippen LogP contribution in [0.25, 0.3) is 0 Å². The molecule has 3 N–H and O–H groups in total. The summed E-state index contributed by atoms with van der Waals surface area (Å²) < 4.78 is 45.6. The normalized spacial score (nSPS) is 11.3. The molecule has 0 radical (unpaired) electrons. The number of benzene rings is 2. The Morgan fingerprint density at radius 2 is 1.95 bits per heavy atom. The van der Waals surface area contributed by atoms with Gasteiger partial charge >= 0.3 is 0 Å². The van der Waals surface area contributed by atoms with Gasteiger partial charge in [0.25, 0.3) is 10.0 Å². The van der Waals surface area contributed by atoms with E-state index in [1.54, 1.807) is 24.3 Å². The monoisotopic (exact) mass is 310 g/mol. The largest absolute Gasteiger partial charge is 0.399 e. The highest BCUT2D eigenvalue weighted by Crippen LogP contribution is 2.23. The third-order valence-electron chi connectivity index (χ3n) is 2.81. The molecule has 5 nitrogen and oxygen atoms in total. The van der Waals surface area contributed by atoms with Crippen LogP contribution in [0.15, 0.2) is 47.4 Å². The SMILES string of the molecule is COCc1ccccc1NS(=O)(=O)c1cc(N)ccc1F. The Bertz CT molecular complexity index is 748. The number of nitrogens with two attached hydrogens (primary N) is 1. The van der Waals surface area contributed by atoms with Gasteiger partial charge in [-0.3, -0.25) is 4.72 Å². The number of sulfonamides is 1. The smallest absolute Gasteiger partial charge is 0.264 e. The molecule has 0 spiro atoms. The van der Waals surface area contributed by atoms with Gasteiger partial charge in [-0.2, -0.15) is 0 Å². The molecule has 0 saturated carbocycles. The number of hydrogen-bond acceptors (Lipinski definition) is 4. The molecule has 0 atom stereocenters. The Morgan fingerprint density at radius 3 is 2.67 bits per heavy atom. The highest BCUT2D eigenvalue weighted by molar-refractivity contribution is 7.92. The summed E-state index contributed by atoms with van der Waals surface area (Å²) >= 11 is 0. The Balaban J connectivity index is 2.40. The van der Waals surface area contributed by atoms with E-state index in [1.807, 2.05) is 0 Å². The maximum absolute atomic E-state index is 13.7. The zero-order chi connectivity index (χ0) is 15.5. The minimum Gasteiger partial charge on any atom is -0.399 e. The lowest BCUT2D eigenvalue weighted by molar-refractivity contribution is 0.185. The molecule has 0 aliphatic heterocycles. The van der Waals surface area contributed by atoms with Gasteiger partial charge in [0.05, 0.1) is 12.3 Å². The van der Waals surface area contributed by atoms with Crippen molar-refractivity contribution in [3.05, 3.63) is 53.8 Å². The van der Waals surface area contributed by atoms with Gasteiger partial charge < -0.3 is 10.5 Å². The van der Waals surface area contributed by atoms with E-state index in [0.29, 0.717) is 11.3 Å². The van der Waals surface area contributed by atoms with Gasteiger partial charge in [0.1, 0.15) is 10.7 Å². The number of anilines is 2. The fourth-order valence-corrected chi connectivity index (χ4v) is 3.04. The fourth-order valence-electron chi connectivity index (χ4n) is 1.83. The molecule has 0 aromatic heterocycles. The van der Waals surface area contributed by atoms with Gasteiger partial charge in [-0.1, -0.05) is 18.2 Å². The lowest BCUT2D eigenvalue weighted by Gasteiger charge is -2.13. The van der Waals surface area contributed by atoms with Crippen molar-refractivity contribution in [2.75, 3.05) is 17.6 Å². The lowest BCUT2D eigenvalue weighted by atomic mass is 10.2. The van der Waals surface area contributed by atoms with Crippen LogP contribution in [0.2, 0.25) is 0 Å². The van der Waals surface area contributed by atoms with Gasteiger partial charge in [-0.05, 0) is 24.3 Å². The zero-order valence-corrected chi connectivity index (χ0v) is 12.2. The van der Waals surface area contributed by atoms with Crippen molar-refractivity contribution in [1.29, 1.82) is 0 Å². The van der Waals surface area contributed by atoms with E-state index in [4.69, 9.17) is 10.5 Å². The maximum Gasteiger partial charge on any atom is 0.264 e. The van der Waals surface area contributed by atoms with Crippen LogP contribution in [0.4, 0.5) is 15.8 Å². The number of halogens is 1. The topological polar surface area (TPSA) is 81.4 Å². The molecule has 21 heavy (non-hydrogen) atoms.